The summed E-state index contributed by atoms with van der Waals surface area (Å²) in [6, 6.07) is 16.5. The maximum absolute atomic E-state index is 13.0. The molecule has 8 heteroatoms. The van der Waals surface area contributed by atoms with Crippen molar-refractivity contribution in [1.82, 2.24) is 6.15 Å². The Bertz CT molecular complexity index is 1190. The first-order valence-corrected chi connectivity index (χ1v) is 10.8. The summed E-state index contributed by atoms with van der Waals surface area (Å²) >= 11 is 12.2. The molecule has 3 aromatic rings. The van der Waals surface area contributed by atoms with E-state index in [-0.39, 0.29) is 38.3 Å². The van der Waals surface area contributed by atoms with Crippen LogP contribution in [0.15, 0.2) is 71.6 Å². The maximum Gasteiger partial charge on any atom is 0.195 e. The van der Waals surface area contributed by atoms with Crippen LogP contribution in [0.25, 0.3) is 0 Å². The Hall–Kier alpha value is -2.51. The topological polar surface area (TPSA) is 103 Å². The lowest BCUT2D eigenvalue weighted by Crippen LogP contribution is -2.12. The first-order chi connectivity index (χ1) is 13.2. The minimum Gasteiger partial charge on any atom is -0.344 e. The number of rotatable bonds is 5. The molecular weight excluding hydrogens is 433 g/mol. The highest BCUT2D eigenvalue weighted by Crippen LogP contribution is 2.25. The zero-order valence-corrected chi connectivity index (χ0v) is 17.7. The molecule has 29 heavy (non-hydrogen) atoms. The number of carbonyl (C=O) groups excluding carboxylic acids is 2. The van der Waals surface area contributed by atoms with Gasteiger partial charge in [0.15, 0.2) is 21.4 Å². The number of carbonyl (C=O) groups is 2. The van der Waals surface area contributed by atoms with Gasteiger partial charge in [0.25, 0.3) is 0 Å². The summed E-state index contributed by atoms with van der Waals surface area (Å²) in [5.74, 6) is -0.851. The maximum atomic E-state index is 13.0. The van der Waals surface area contributed by atoms with Crippen molar-refractivity contribution < 1.29 is 18.0 Å². The molecule has 0 spiro atoms. The molecule has 0 aliphatic carbocycles. The fourth-order valence-corrected chi connectivity index (χ4v) is 3.73. The normalized spacial score (nSPS) is 10.9. The Morgan fingerprint density at radius 1 is 0.759 bits per heavy atom. The fourth-order valence-electron chi connectivity index (χ4n) is 2.70. The van der Waals surface area contributed by atoms with Crippen molar-refractivity contribution in [2.45, 2.75) is 4.90 Å². The first-order valence-electron chi connectivity index (χ1n) is 8.12. The van der Waals surface area contributed by atoms with E-state index in [1.165, 1.54) is 42.5 Å². The minimum atomic E-state index is -3.38. The number of halogens is 2. The quantitative estimate of drug-likeness (QED) is 0.550. The largest absolute Gasteiger partial charge is 0.344 e. The Morgan fingerprint density at radius 2 is 1.38 bits per heavy atom. The van der Waals surface area contributed by atoms with Crippen molar-refractivity contribution in [3.05, 3.63) is 99.0 Å². The molecule has 5 nitrogen and oxygen atoms in total. The van der Waals surface area contributed by atoms with Gasteiger partial charge in [0, 0.05) is 33.5 Å². The van der Waals surface area contributed by atoms with E-state index >= 15 is 0 Å². The summed E-state index contributed by atoms with van der Waals surface area (Å²) < 4.78 is 23.2. The van der Waals surface area contributed by atoms with Crippen LogP contribution in [0.1, 0.15) is 31.8 Å². The van der Waals surface area contributed by atoms with Crippen molar-refractivity contribution in [2.75, 3.05) is 6.26 Å². The molecule has 0 radical (unpaired) electrons. The summed E-state index contributed by atoms with van der Waals surface area (Å²) in [5.41, 5.74) is 0.787. The smallest absolute Gasteiger partial charge is 0.195 e. The van der Waals surface area contributed by atoms with Crippen LogP contribution in [0.4, 0.5) is 0 Å². The van der Waals surface area contributed by atoms with E-state index in [2.05, 4.69) is 0 Å². The van der Waals surface area contributed by atoms with Gasteiger partial charge in [0.1, 0.15) is 0 Å². The van der Waals surface area contributed by atoms with E-state index in [0.717, 1.165) is 6.26 Å². The zero-order valence-electron chi connectivity index (χ0n) is 15.4. The van der Waals surface area contributed by atoms with Crippen LogP contribution in [0.2, 0.25) is 10.0 Å². The zero-order chi connectivity index (χ0) is 20.5. The summed E-state index contributed by atoms with van der Waals surface area (Å²) in [5, 5.41) is 0.572. The van der Waals surface area contributed by atoms with Crippen LogP contribution < -0.4 is 6.15 Å². The van der Waals surface area contributed by atoms with Gasteiger partial charge in [-0.25, -0.2) is 8.42 Å². The molecule has 0 amide bonds. The molecule has 150 valence electrons. The lowest BCUT2D eigenvalue weighted by molar-refractivity contribution is 0.100. The molecular formula is C21H17Cl2NO4S. The number of ketones is 2. The van der Waals surface area contributed by atoms with E-state index in [9.17, 15) is 18.0 Å². The van der Waals surface area contributed by atoms with Gasteiger partial charge >= 0.3 is 0 Å². The molecule has 0 saturated carbocycles. The van der Waals surface area contributed by atoms with E-state index in [1.807, 2.05) is 0 Å². The third-order valence-electron chi connectivity index (χ3n) is 4.13. The van der Waals surface area contributed by atoms with Gasteiger partial charge in [0.2, 0.25) is 0 Å². The number of benzene rings is 3. The molecule has 0 heterocycles. The van der Waals surface area contributed by atoms with Crippen LogP contribution in [-0.2, 0) is 9.84 Å². The van der Waals surface area contributed by atoms with Crippen LogP contribution in [0, 0.1) is 0 Å². The van der Waals surface area contributed by atoms with Crippen LogP contribution in [-0.4, -0.2) is 26.2 Å². The van der Waals surface area contributed by atoms with Gasteiger partial charge in [-0.2, -0.15) is 0 Å². The molecule has 3 rings (SSSR count). The lowest BCUT2D eigenvalue weighted by atomic mass is 9.93. The van der Waals surface area contributed by atoms with Gasteiger partial charge in [-0.1, -0.05) is 35.3 Å². The van der Waals surface area contributed by atoms with E-state index in [0.29, 0.717) is 5.02 Å². The molecule has 0 saturated heterocycles. The predicted molar refractivity (Wildman–Crippen MR) is 114 cm³/mol. The highest BCUT2D eigenvalue weighted by molar-refractivity contribution is 7.90. The van der Waals surface area contributed by atoms with E-state index in [4.69, 9.17) is 23.2 Å². The van der Waals surface area contributed by atoms with Gasteiger partial charge < -0.3 is 6.15 Å². The highest BCUT2D eigenvalue weighted by Gasteiger charge is 2.22. The molecule has 3 aromatic carbocycles. The lowest BCUT2D eigenvalue weighted by Gasteiger charge is -2.10. The van der Waals surface area contributed by atoms with Gasteiger partial charge in [-0.15, -0.1) is 0 Å². The number of hydrogen-bond acceptors (Lipinski definition) is 5. The van der Waals surface area contributed by atoms with Gasteiger partial charge in [0.05, 0.1) is 9.92 Å². The van der Waals surface area contributed by atoms with Crippen LogP contribution >= 0.6 is 23.2 Å². The number of hydrogen-bond donors (Lipinski definition) is 1. The van der Waals surface area contributed by atoms with Crippen molar-refractivity contribution >= 4 is 44.6 Å². The Morgan fingerprint density at radius 3 is 1.97 bits per heavy atom. The molecule has 0 fully saturated rings. The predicted octanol–water partition coefficient (Wildman–Crippen LogP) is 5.02. The summed E-state index contributed by atoms with van der Waals surface area (Å²) in [6.07, 6.45) is 1.09. The van der Waals surface area contributed by atoms with Gasteiger partial charge in [-0.3, -0.25) is 9.59 Å². The average Bonchev–Trinajstić information content (AvgIpc) is 2.66. The molecule has 0 aromatic heterocycles. The molecule has 0 aliphatic rings. The minimum absolute atomic E-state index is 0. The fraction of sp³-hybridized carbons (Fsp3) is 0.0476. The van der Waals surface area contributed by atoms with Crippen LogP contribution in [0.3, 0.4) is 0 Å². The number of sulfone groups is 1. The Labute approximate surface area is 178 Å². The van der Waals surface area contributed by atoms with E-state index in [1.54, 1.807) is 24.3 Å². The van der Waals surface area contributed by atoms with Gasteiger partial charge in [-0.05, 0) is 54.6 Å². The van der Waals surface area contributed by atoms with Crippen molar-refractivity contribution in [3.63, 3.8) is 0 Å². The highest BCUT2D eigenvalue weighted by atomic mass is 35.5. The molecule has 0 aliphatic heterocycles. The third kappa shape index (κ3) is 4.92. The second-order valence-corrected chi connectivity index (χ2v) is 8.98. The second-order valence-electron chi connectivity index (χ2n) is 6.12. The van der Waals surface area contributed by atoms with Crippen molar-refractivity contribution in [2.24, 2.45) is 0 Å². The first kappa shape index (κ1) is 22.8. The summed E-state index contributed by atoms with van der Waals surface area (Å²) in [4.78, 5) is 26.1. The molecule has 0 unspecified atom stereocenters. The average molecular weight is 450 g/mol. The van der Waals surface area contributed by atoms with E-state index < -0.39 is 21.4 Å². The van der Waals surface area contributed by atoms with Crippen molar-refractivity contribution in [3.8, 4) is 0 Å². The van der Waals surface area contributed by atoms with Crippen molar-refractivity contribution in [1.29, 1.82) is 0 Å². The summed E-state index contributed by atoms with van der Waals surface area (Å²) in [7, 11) is -3.38. The second kappa shape index (κ2) is 8.88. The third-order valence-corrected chi connectivity index (χ3v) is 5.83. The molecule has 0 bridgehead atoms. The summed E-state index contributed by atoms with van der Waals surface area (Å²) in [6.45, 7) is 0. The SMILES string of the molecule is CS(=O)(=O)c1ccc(C(=O)c2ccc(Cl)cc2C(=O)c2ccccc2Cl)cc1.N. The monoisotopic (exact) mass is 449 g/mol. The van der Waals surface area contributed by atoms with Crippen LogP contribution in [0.5, 0.6) is 0 Å². The standard InChI is InChI=1S/C21H14Cl2O4S.H3N/c1-28(26,27)15-9-6-13(7-10-15)20(24)16-11-8-14(22)12-18(16)21(25)17-4-2-3-5-19(17)23;/h2-12H,1H3;1H3. The Balaban J connectivity index is 0.00000300. The molecule has 3 N–H and O–H groups in total. The molecule has 0 atom stereocenters. The Kier molecular flexibility index (Phi) is 6.97.